The number of benzene rings is 1. The summed E-state index contributed by atoms with van der Waals surface area (Å²) in [6.07, 6.45) is 3.67. The molecule has 21 heavy (non-hydrogen) atoms. The highest BCUT2D eigenvalue weighted by Crippen LogP contribution is 2.16. The maximum atomic E-state index is 5.86. The first-order chi connectivity index (χ1) is 10.1. The molecule has 1 atom stereocenters. The number of hydrogen-bond acceptors (Lipinski definition) is 3. The fourth-order valence-corrected chi connectivity index (χ4v) is 2.87. The summed E-state index contributed by atoms with van der Waals surface area (Å²) in [6.45, 7) is 8.71. The van der Waals surface area contributed by atoms with Crippen molar-refractivity contribution in [2.24, 2.45) is 0 Å². The van der Waals surface area contributed by atoms with Gasteiger partial charge in [-0.05, 0) is 63.9 Å². The molecule has 0 aromatic heterocycles. The first-order valence-corrected chi connectivity index (χ1v) is 8.39. The molecule has 1 aromatic carbocycles. The zero-order chi connectivity index (χ0) is 15.1. The molecule has 1 aliphatic rings. The summed E-state index contributed by atoms with van der Waals surface area (Å²) in [7, 11) is 0. The Bertz CT molecular complexity index is 402. The van der Waals surface area contributed by atoms with Crippen LogP contribution in [0.25, 0.3) is 0 Å². The van der Waals surface area contributed by atoms with Crippen LogP contribution in [0.5, 0.6) is 5.75 Å². The van der Waals surface area contributed by atoms with E-state index in [1.807, 2.05) is 24.3 Å². The molecule has 1 aromatic rings. The number of halogens is 1. The first-order valence-electron chi connectivity index (χ1n) is 8.01. The van der Waals surface area contributed by atoms with Gasteiger partial charge >= 0.3 is 0 Å². The average molecular weight is 311 g/mol. The lowest BCUT2D eigenvalue weighted by Gasteiger charge is -2.29. The van der Waals surface area contributed by atoms with Gasteiger partial charge in [0.1, 0.15) is 5.75 Å². The lowest BCUT2D eigenvalue weighted by atomic mass is 10.2. The lowest BCUT2D eigenvalue weighted by molar-refractivity contribution is 0.183. The van der Waals surface area contributed by atoms with Crippen LogP contribution in [0.4, 0.5) is 0 Å². The Balaban J connectivity index is 1.67. The van der Waals surface area contributed by atoms with E-state index in [0.29, 0.717) is 12.1 Å². The van der Waals surface area contributed by atoms with Crippen molar-refractivity contribution in [3.63, 3.8) is 0 Å². The third-order valence-corrected chi connectivity index (χ3v) is 4.27. The topological polar surface area (TPSA) is 24.5 Å². The highest BCUT2D eigenvalue weighted by atomic mass is 35.5. The van der Waals surface area contributed by atoms with Crippen molar-refractivity contribution in [1.82, 2.24) is 10.2 Å². The molecule has 118 valence electrons. The second-order valence-corrected chi connectivity index (χ2v) is 6.47. The van der Waals surface area contributed by atoms with E-state index >= 15 is 0 Å². The van der Waals surface area contributed by atoms with Crippen LogP contribution in [-0.2, 0) is 0 Å². The van der Waals surface area contributed by atoms with E-state index in [0.717, 1.165) is 36.9 Å². The van der Waals surface area contributed by atoms with Gasteiger partial charge in [0.2, 0.25) is 0 Å². The lowest BCUT2D eigenvalue weighted by Crippen LogP contribution is -2.42. The summed E-state index contributed by atoms with van der Waals surface area (Å²) in [4.78, 5) is 2.55. The van der Waals surface area contributed by atoms with Crippen LogP contribution in [0.2, 0.25) is 5.02 Å². The predicted molar refractivity (Wildman–Crippen MR) is 89.3 cm³/mol. The van der Waals surface area contributed by atoms with Gasteiger partial charge in [-0.15, -0.1) is 0 Å². The van der Waals surface area contributed by atoms with Gasteiger partial charge in [0.25, 0.3) is 0 Å². The van der Waals surface area contributed by atoms with Crippen molar-refractivity contribution in [1.29, 1.82) is 0 Å². The van der Waals surface area contributed by atoms with Gasteiger partial charge in [-0.2, -0.15) is 0 Å². The quantitative estimate of drug-likeness (QED) is 0.743. The molecule has 0 amide bonds. The molecule has 2 rings (SSSR count). The highest BCUT2D eigenvalue weighted by molar-refractivity contribution is 6.30. The number of nitrogens with one attached hydrogen (secondary N) is 1. The molecule has 0 bridgehead atoms. The Labute approximate surface area is 133 Å². The minimum Gasteiger partial charge on any atom is -0.494 e. The Hall–Kier alpha value is -0.770. The molecule has 1 saturated heterocycles. The SMILES string of the molecule is CC(C)N(CCCOc1ccc(Cl)cc1)CC1CCCN1. The van der Waals surface area contributed by atoms with E-state index in [1.165, 1.54) is 19.4 Å². The third kappa shape index (κ3) is 5.85. The standard InChI is InChI=1S/C17H27ClN2O/c1-14(2)20(13-16-5-3-10-19-16)11-4-12-21-17-8-6-15(18)7-9-17/h6-9,14,16,19H,3-5,10-13H2,1-2H3. The van der Waals surface area contributed by atoms with Gasteiger partial charge in [-0.1, -0.05) is 11.6 Å². The van der Waals surface area contributed by atoms with Crippen LogP contribution in [0.1, 0.15) is 33.1 Å². The van der Waals surface area contributed by atoms with E-state index in [4.69, 9.17) is 16.3 Å². The summed E-state index contributed by atoms with van der Waals surface area (Å²) in [5.74, 6) is 0.896. The van der Waals surface area contributed by atoms with Crippen LogP contribution in [0.15, 0.2) is 24.3 Å². The maximum absolute atomic E-state index is 5.86. The van der Waals surface area contributed by atoms with Gasteiger partial charge in [0.15, 0.2) is 0 Å². The van der Waals surface area contributed by atoms with E-state index < -0.39 is 0 Å². The monoisotopic (exact) mass is 310 g/mol. The first kappa shape index (κ1) is 16.6. The number of ether oxygens (including phenoxy) is 1. The van der Waals surface area contributed by atoms with Gasteiger partial charge in [-0.25, -0.2) is 0 Å². The molecule has 1 fully saturated rings. The summed E-state index contributed by atoms with van der Waals surface area (Å²) in [6, 6.07) is 8.83. The molecule has 0 spiro atoms. The van der Waals surface area contributed by atoms with Gasteiger partial charge in [0, 0.05) is 30.2 Å². The highest BCUT2D eigenvalue weighted by Gasteiger charge is 2.19. The molecule has 1 N–H and O–H groups in total. The van der Waals surface area contributed by atoms with Gasteiger partial charge in [-0.3, -0.25) is 4.90 Å². The van der Waals surface area contributed by atoms with Crippen molar-refractivity contribution >= 4 is 11.6 Å². The van der Waals surface area contributed by atoms with Crippen molar-refractivity contribution in [3.05, 3.63) is 29.3 Å². The predicted octanol–water partition coefficient (Wildman–Crippen LogP) is 3.57. The van der Waals surface area contributed by atoms with E-state index in [2.05, 4.69) is 24.1 Å². The molecule has 0 radical (unpaired) electrons. The number of nitrogens with zero attached hydrogens (tertiary/aromatic N) is 1. The molecule has 1 unspecified atom stereocenters. The molecule has 0 saturated carbocycles. The van der Waals surface area contributed by atoms with Crippen LogP contribution in [0, 0.1) is 0 Å². The largest absolute Gasteiger partial charge is 0.494 e. The number of rotatable bonds is 8. The minimum absolute atomic E-state index is 0.586. The Morgan fingerprint density at radius 2 is 2.10 bits per heavy atom. The summed E-state index contributed by atoms with van der Waals surface area (Å²) in [5.41, 5.74) is 0. The molecule has 3 nitrogen and oxygen atoms in total. The van der Waals surface area contributed by atoms with Gasteiger partial charge in [0.05, 0.1) is 6.61 Å². The molecular weight excluding hydrogens is 284 g/mol. The van der Waals surface area contributed by atoms with Crippen molar-refractivity contribution in [2.75, 3.05) is 26.2 Å². The smallest absolute Gasteiger partial charge is 0.119 e. The zero-order valence-corrected chi connectivity index (χ0v) is 13.9. The fraction of sp³-hybridized carbons (Fsp3) is 0.647. The van der Waals surface area contributed by atoms with Crippen LogP contribution in [-0.4, -0.2) is 43.2 Å². The van der Waals surface area contributed by atoms with E-state index in [1.54, 1.807) is 0 Å². The molecular formula is C17H27ClN2O. The Morgan fingerprint density at radius 3 is 2.71 bits per heavy atom. The second-order valence-electron chi connectivity index (χ2n) is 6.04. The third-order valence-electron chi connectivity index (χ3n) is 4.02. The Morgan fingerprint density at radius 1 is 1.33 bits per heavy atom. The maximum Gasteiger partial charge on any atom is 0.119 e. The molecule has 4 heteroatoms. The van der Waals surface area contributed by atoms with Crippen LogP contribution >= 0.6 is 11.6 Å². The van der Waals surface area contributed by atoms with Crippen molar-refractivity contribution in [2.45, 2.75) is 45.2 Å². The average Bonchev–Trinajstić information content (AvgIpc) is 2.97. The van der Waals surface area contributed by atoms with Crippen molar-refractivity contribution in [3.8, 4) is 5.75 Å². The number of hydrogen-bond donors (Lipinski definition) is 1. The molecule has 1 aliphatic heterocycles. The van der Waals surface area contributed by atoms with Gasteiger partial charge < -0.3 is 10.1 Å². The second kappa shape index (κ2) is 8.62. The zero-order valence-electron chi connectivity index (χ0n) is 13.1. The molecule has 0 aliphatic carbocycles. The van der Waals surface area contributed by atoms with E-state index in [-0.39, 0.29) is 0 Å². The van der Waals surface area contributed by atoms with Crippen molar-refractivity contribution < 1.29 is 4.74 Å². The van der Waals surface area contributed by atoms with Crippen LogP contribution < -0.4 is 10.1 Å². The van der Waals surface area contributed by atoms with Crippen LogP contribution in [0.3, 0.4) is 0 Å². The minimum atomic E-state index is 0.586. The normalized spacial score (nSPS) is 18.6. The molecule has 1 heterocycles. The fourth-order valence-electron chi connectivity index (χ4n) is 2.74. The summed E-state index contributed by atoms with van der Waals surface area (Å²) in [5, 5.41) is 4.33. The van der Waals surface area contributed by atoms with E-state index in [9.17, 15) is 0 Å². The summed E-state index contributed by atoms with van der Waals surface area (Å²) < 4.78 is 5.76. The summed E-state index contributed by atoms with van der Waals surface area (Å²) >= 11 is 5.86. The Kier molecular flexibility index (Phi) is 6.81.